The zero-order valence-electron chi connectivity index (χ0n) is 13.5. The molecule has 1 unspecified atom stereocenters. The molecular weight excluding hydrogens is 363 g/mol. The number of hydrogen-bond donors (Lipinski definition) is 0. The Bertz CT molecular complexity index is 858. The van der Waals surface area contributed by atoms with Gasteiger partial charge in [-0.15, -0.1) is 0 Å². The second-order valence-electron chi connectivity index (χ2n) is 6.50. The van der Waals surface area contributed by atoms with Gasteiger partial charge in [0.05, 0.1) is 0 Å². The smallest absolute Gasteiger partial charge is 0.0260 e. The molecule has 0 fully saturated rings. The summed E-state index contributed by atoms with van der Waals surface area (Å²) in [4.78, 5) is 0. The third kappa shape index (κ3) is 2.55. The second-order valence-corrected chi connectivity index (χ2v) is 10.1. The molecule has 0 bridgehead atoms. The lowest BCUT2D eigenvalue weighted by Gasteiger charge is -2.25. The first-order chi connectivity index (χ1) is 11.2. The number of aryl methyl sites for hydroxylation is 2. The van der Waals surface area contributed by atoms with Crippen molar-refractivity contribution in [3.05, 3.63) is 70.2 Å². The number of benzene rings is 3. The lowest BCUT2D eigenvalue weighted by Crippen LogP contribution is -2.19. The maximum atomic E-state index is 3.84. The minimum absolute atomic E-state index is 0.353. The highest BCUT2D eigenvalue weighted by atomic mass is 79.9. The molecular formula is C21H20BrP. The van der Waals surface area contributed by atoms with Gasteiger partial charge >= 0.3 is 0 Å². The molecule has 3 aromatic carbocycles. The molecule has 23 heavy (non-hydrogen) atoms. The fraction of sp³-hybridized carbons (Fsp3) is 0.238. The van der Waals surface area contributed by atoms with Crippen molar-refractivity contribution < 1.29 is 0 Å². The van der Waals surface area contributed by atoms with Gasteiger partial charge in [0, 0.05) is 9.86 Å². The number of hydrogen-bond acceptors (Lipinski definition) is 0. The van der Waals surface area contributed by atoms with Crippen molar-refractivity contribution in [2.75, 3.05) is 0 Å². The summed E-state index contributed by atoms with van der Waals surface area (Å²) in [6.45, 7) is 4.71. The van der Waals surface area contributed by atoms with Gasteiger partial charge in [-0.3, -0.25) is 0 Å². The van der Waals surface area contributed by atoms with Gasteiger partial charge in [0.2, 0.25) is 0 Å². The molecule has 0 N–H and O–H groups in total. The summed E-state index contributed by atoms with van der Waals surface area (Å²) in [5.74, 6) is 0. The Morgan fingerprint density at radius 2 is 1.48 bits per heavy atom. The van der Waals surface area contributed by atoms with Crippen LogP contribution in [0.15, 0.2) is 59.1 Å². The molecule has 3 aromatic rings. The van der Waals surface area contributed by atoms with E-state index in [2.05, 4.69) is 84.4 Å². The molecule has 0 amide bonds. The third-order valence-corrected chi connectivity index (χ3v) is 8.17. The molecule has 0 nitrogen and oxygen atoms in total. The summed E-state index contributed by atoms with van der Waals surface area (Å²) in [5, 5.41) is 5.97. The van der Waals surface area contributed by atoms with E-state index in [1.807, 2.05) is 0 Å². The van der Waals surface area contributed by atoms with E-state index in [0.717, 1.165) is 0 Å². The first-order valence-electron chi connectivity index (χ1n) is 8.24. The van der Waals surface area contributed by atoms with Gasteiger partial charge < -0.3 is 0 Å². The van der Waals surface area contributed by atoms with Crippen LogP contribution < -0.4 is 10.6 Å². The maximum absolute atomic E-state index is 3.84. The SMILES string of the molecule is CC(C)P(c1ccccc1)c1ccc2c3c(ccc(Br)c13)CC2. The average molecular weight is 383 g/mol. The molecule has 1 atom stereocenters. The highest BCUT2D eigenvalue weighted by Crippen LogP contribution is 2.44. The Hall–Kier alpha value is -1.17. The number of halogens is 1. The fourth-order valence-corrected chi connectivity index (χ4v) is 7.10. The van der Waals surface area contributed by atoms with E-state index in [0.29, 0.717) is 5.66 Å². The average Bonchev–Trinajstić information content (AvgIpc) is 2.97. The summed E-state index contributed by atoms with van der Waals surface area (Å²) >= 11 is 3.84. The zero-order chi connectivity index (χ0) is 16.0. The highest BCUT2D eigenvalue weighted by Gasteiger charge is 2.24. The lowest BCUT2D eigenvalue weighted by molar-refractivity contribution is 1.02. The first-order valence-corrected chi connectivity index (χ1v) is 10.4. The van der Waals surface area contributed by atoms with E-state index in [1.54, 1.807) is 0 Å². The summed E-state index contributed by atoms with van der Waals surface area (Å²) in [7, 11) is -0.353. The Morgan fingerprint density at radius 1 is 0.826 bits per heavy atom. The predicted octanol–water partition coefficient (Wildman–Crippen LogP) is 5.54. The van der Waals surface area contributed by atoms with Crippen LogP contribution in [-0.2, 0) is 12.8 Å². The van der Waals surface area contributed by atoms with Crippen LogP contribution in [0.2, 0.25) is 0 Å². The lowest BCUT2D eigenvalue weighted by atomic mass is 10.1. The van der Waals surface area contributed by atoms with Crippen molar-refractivity contribution in [2.45, 2.75) is 32.3 Å². The maximum Gasteiger partial charge on any atom is 0.0260 e. The Kier molecular flexibility index (Phi) is 4.03. The van der Waals surface area contributed by atoms with E-state index < -0.39 is 0 Å². The van der Waals surface area contributed by atoms with Crippen molar-refractivity contribution in [3.8, 4) is 0 Å². The minimum atomic E-state index is -0.353. The zero-order valence-corrected chi connectivity index (χ0v) is 16.0. The van der Waals surface area contributed by atoms with Crippen molar-refractivity contribution >= 4 is 45.2 Å². The third-order valence-electron chi connectivity index (χ3n) is 4.73. The van der Waals surface area contributed by atoms with Gasteiger partial charge in [-0.1, -0.05) is 78.3 Å². The predicted molar refractivity (Wildman–Crippen MR) is 107 cm³/mol. The topological polar surface area (TPSA) is 0 Å². The van der Waals surface area contributed by atoms with Gasteiger partial charge in [0.15, 0.2) is 0 Å². The van der Waals surface area contributed by atoms with Crippen LogP contribution in [0.3, 0.4) is 0 Å². The summed E-state index contributed by atoms with van der Waals surface area (Å²) in [6, 6.07) is 20.4. The Labute approximate surface area is 147 Å². The molecule has 0 heterocycles. The molecule has 0 saturated heterocycles. The molecule has 0 radical (unpaired) electrons. The molecule has 0 spiro atoms. The largest absolute Gasteiger partial charge is 0.0622 e. The fourth-order valence-electron chi connectivity index (χ4n) is 3.77. The molecule has 116 valence electrons. The molecule has 4 rings (SSSR count). The molecule has 2 heteroatoms. The first kappa shape index (κ1) is 15.4. The van der Waals surface area contributed by atoms with Crippen LogP contribution in [0.1, 0.15) is 25.0 Å². The van der Waals surface area contributed by atoms with Crippen LogP contribution in [0, 0.1) is 0 Å². The monoisotopic (exact) mass is 382 g/mol. The Morgan fingerprint density at radius 3 is 2.13 bits per heavy atom. The van der Waals surface area contributed by atoms with Crippen LogP contribution >= 0.6 is 23.9 Å². The van der Waals surface area contributed by atoms with Crippen LogP contribution in [0.5, 0.6) is 0 Å². The highest BCUT2D eigenvalue weighted by molar-refractivity contribution is 9.10. The molecule has 0 saturated carbocycles. The Balaban J connectivity index is 2.02. The van der Waals surface area contributed by atoms with Gasteiger partial charge in [-0.2, -0.15) is 0 Å². The van der Waals surface area contributed by atoms with E-state index >= 15 is 0 Å². The van der Waals surface area contributed by atoms with Crippen molar-refractivity contribution in [1.82, 2.24) is 0 Å². The van der Waals surface area contributed by atoms with Gasteiger partial charge in [0.25, 0.3) is 0 Å². The molecule has 0 aromatic heterocycles. The quantitative estimate of drug-likeness (QED) is 0.521. The molecule has 0 aliphatic heterocycles. The standard InChI is InChI=1S/C21H20BrP/c1-14(2)23(17-6-4-3-5-7-17)19-13-11-16-9-8-15-10-12-18(22)21(19)20(15)16/h3-7,10-14H,8-9H2,1-2H3. The van der Waals surface area contributed by atoms with E-state index in [-0.39, 0.29) is 7.92 Å². The van der Waals surface area contributed by atoms with Gasteiger partial charge in [-0.05, 0) is 59.6 Å². The normalized spacial score (nSPS) is 14.6. The van der Waals surface area contributed by atoms with E-state index in [1.165, 1.54) is 49.8 Å². The summed E-state index contributed by atoms with van der Waals surface area (Å²) < 4.78 is 1.25. The van der Waals surface area contributed by atoms with Crippen LogP contribution in [0.4, 0.5) is 0 Å². The summed E-state index contributed by atoms with van der Waals surface area (Å²) in [5.41, 5.74) is 3.66. The van der Waals surface area contributed by atoms with Crippen molar-refractivity contribution in [2.24, 2.45) is 0 Å². The second kappa shape index (κ2) is 6.04. The minimum Gasteiger partial charge on any atom is -0.0622 e. The van der Waals surface area contributed by atoms with Gasteiger partial charge in [0.1, 0.15) is 0 Å². The molecule has 1 aliphatic rings. The number of rotatable bonds is 3. The van der Waals surface area contributed by atoms with Crippen molar-refractivity contribution in [1.29, 1.82) is 0 Å². The summed E-state index contributed by atoms with van der Waals surface area (Å²) in [6.07, 6.45) is 2.38. The van der Waals surface area contributed by atoms with Crippen LogP contribution in [-0.4, -0.2) is 5.66 Å². The van der Waals surface area contributed by atoms with Crippen molar-refractivity contribution in [3.63, 3.8) is 0 Å². The molecule has 1 aliphatic carbocycles. The van der Waals surface area contributed by atoms with Crippen LogP contribution in [0.25, 0.3) is 10.8 Å². The van der Waals surface area contributed by atoms with E-state index in [9.17, 15) is 0 Å². The van der Waals surface area contributed by atoms with E-state index in [4.69, 9.17) is 0 Å². The van der Waals surface area contributed by atoms with Gasteiger partial charge in [-0.25, -0.2) is 0 Å².